The molecule has 2 aromatic heterocycles. The molecule has 0 saturated heterocycles. The Labute approximate surface area is 110 Å². The van der Waals surface area contributed by atoms with Gasteiger partial charge in [0.25, 0.3) is 0 Å². The third-order valence-electron chi connectivity index (χ3n) is 2.98. The van der Waals surface area contributed by atoms with Crippen molar-refractivity contribution in [3.05, 3.63) is 66.1 Å². The molecule has 2 heterocycles. The van der Waals surface area contributed by atoms with Crippen LogP contribution in [0.5, 0.6) is 5.75 Å². The van der Waals surface area contributed by atoms with Gasteiger partial charge in [0.15, 0.2) is 0 Å². The number of rotatable bonds is 3. The number of hydrogen-bond acceptors (Lipinski definition) is 3. The van der Waals surface area contributed by atoms with Gasteiger partial charge in [-0.05, 0) is 12.1 Å². The number of nitrogens with zero attached hydrogens (tertiary/aromatic N) is 2. The maximum Gasteiger partial charge on any atom is 0.211 e. The number of fused-ring (bicyclic) bond motifs is 1. The number of pyridine rings is 1. The van der Waals surface area contributed by atoms with Gasteiger partial charge in [-0.3, -0.25) is 9.20 Å². The number of benzene rings is 1. The Morgan fingerprint density at radius 2 is 1.95 bits per heavy atom. The quantitative estimate of drug-likeness (QED) is 0.673. The first-order chi connectivity index (χ1) is 9.29. The number of imidazole rings is 1. The molecule has 19 heavy (non-hydrogen) atoms. The normalized spacial score (nSPS) is 10.6. The summed E-state index contributed by atoms with van der Waals surface area (Å²) in [7, 11) is 1.59. The molecule has 1 aromatic carbocycles. The predicted molar refractivity (Wildman–Crippen MR) is 71.6 cm³/mol. The van der Waals surface area contributed by atoms with Crippen LogP contribution in [0.1, 0.15) is 16.1 Å². The molecule has 0 radical (unpaired) electrons. The lowest BCUT2D eigenvalue weighted by atomic mass is 10.1. The largest absolute Gasteiger partial charge is 0.495 e. The molecule has 0 fully saturated rings. The highest BCUT2D eigenvalue weighted by Crippen LogP contribution is 2.16. The van der Waals surface area contributed by atoms with Crippen LogP contribution in [0.4, 0.5) is 0 Å². The van der Waals surface area contributed by atoms with E-state index in [0.29, 0.717) is 17.0 Å². The molecule has 3 aromatic rings. The highest BCUT2D eigenvalue weighted by molar-refractivity contribution is 6.08. The van der Waals surface area contributed by atoms with Gasteiger partial charge in [-0.25, -0.2) is 4.98 Å². The SMILES string of the molecule is COc1ccc2ncc(C(=O)c3ccccc3)n2c1. The summed E-state index contributed by atoms with van der Waals surface area (Å²) in [4.78, 5) is 16.6. The second-order valence-electron chi connectivity index (χ2n) is 4.14. The molecular formula is C15H12N2O2. The summed E-state index contributed by atoms with van der Waals surface area (Å²) in [5.41, 5.74) is 1.90. The first-order valence-electron chi connectivity index (χ1n) is 5.90. The minimum Gasteiger partial charge on any atom is -0.495 e. The van der Waals surface area contributed by atoms with E-state index in [9.17, 15) is 4.79 Å². The number of methoxy groups -OCH3 is 1. The molecule has 0 aliphatic heterocycles. The standard InChI is InChI=1S/C15H12N2O2/c1-19-12-7-8-14-16-9-13(17(14)10-12)15(18)11-5-3-2-4-6-11/h2-10H,1H3. The lowest BCUT2D eigenvalue weighted by Crippen LogP contribution is -2.05. The van der Waals surface area contributed by atoms with E-state index in [1.165, 1.54) is 0 Å². The molecular weight excluding hydrogens is 240 g/mol. The number of hydrogen-bond donors (Lipinski definition) is 0. The molecule has 0 aliphatic rings. The molecule has 3 rings (SSSR count). The van der Waals surface area contributed by atoms with Crippen LogP contribution >= 0.6 is 0 Å². The summed E-state index contributed by atoms with van der Waals surface area (Å²) >= 11 is 0. The second kappa shape index (κ2) is 4.57. The van der Waals surface area contributed by atoms with Crippen molar-refractivity contribution in [3.63, 3.8) is 0 Å². The second-order valence-corrected chi connectivity index (χ2v) is 4.14. The van der Waals surface area contributed by atoms with Gasteiger partial charge in [-0.2, -0.15) is 0 Å². The Hall–Kier alpha value is -2.62. The predicted octanol–water partition coefficient (Wildman–Crippen LogP) is 2.57. The van der Waals surface area contributed by atoms with Crippen LogP contribution in [-0.2, 0) is 0 Å². The number of carbonyl (C=O) groups is 1. The van der Waals surface area contributed by atoms with Gasteiger partial charge in [-0.1, -0.05) is 30.3 Å². The van der Waals surface area contributed by atoms with Crippen molar-refractivity contribution in [1.82, 2.24) is 9.38 Å². The van der Waals surface area contributed by atoms with Gasteiger partial charge in [-0.15, -0.1) is 0 Å². The van der Waals surface area contributed by atoms with Crippen LogP contribution < -0.4 is 4.74 Å². The zero-order valence-corrected chi connectivity index (χ0v) is 10.4. The molecule has 4 nitrogen and oxygen atoms in total. The minimum absolute atomic E-state index is 0.0543. The Morgan fingerprint density at radius 3 is 2.68 bits per heavy atom. The third-order valence-corrected chi connectivity index (χ3v) is 2.98. The smallest absolute Gasteiger partial charge is 0.211 e. The van der Waals surface area contributed by atoms with Gasteiger partial charge in [0.2, 0.25) is 5.78 Å². The van der Waals surface area contributed by atoms with Crippen LogP contribution in [0.3, 0.4) is 0 Å². The molecule has 0 saturated carbocycles. The maximum absolute atomic E-state index is 12.4. The number of ether oxygens (including phenoxy) is 1. The van der Waals surface area contributed by atoms with Crippen molar-refractivity contribution in [2.75, 3.05) is 7.11 Å². The monoisotopic (exact) mass is 252 g/mol. The third kappa shape index (κ3) is 1.97. The van der Waals surface area contributed by atoms with Crippen LogP contribution in [0, 0.1) is 0 Å². The summed E-state index contributed by atoms with van der Waals surface area (Å²) in [6.07, 6.45) is 3.35. The summed E-state index contributed by atoms with van der Waals surface area (Å²) < 4.78 is 6.92. The molecule has 0 bridgehead atoms. The fourth-order valence-electron chi connectivity index (χ4n) is 1.99. The fourth-order valence-corrected chi connectivity index (χ4v) is 1.99. The fraction of sp³-hybridized carbons (Fsp3) is 0.0667. The van der Waals surface area contributed by atoms with Gasteiger partial charge < -0.3 is 4.74 Å². The average molecular weight is 252 g/mol. The molecule has 0 aliphatic carbocycles. The molecule has 0 atom stereocenters. The summed E-state index contributed by atoms with van der Waals surface area (Å²) in [5, 5.41) is 0. The van der Waals surface area contributed by atoms with E-state index >= 15 is 0 Å². The number of aromatic nitrogens is 2. The van der Waals surface area contributed by atoms with E-state index in [2.05, 4.69) is 4.98 Å². The lowest BCUT2D eigenvalue weighted by Gasteiger charge is -2.04. The van der Waals surface area contributed by atoms with Crippen LogP contribution in [0.25, 0.3) is 5.65 Å². The van der Waals surface area contributed by atoms with Crippen molar-refractivity contribution >= 4 is 11.4 Å². The molecule has 0 N–H and O–H groups in total. The van der Waals surface area contributed by atoms with E-state index in [0.717, 1.165) is 5.65 Å². The van der Waals surface area contributed by atoms with E-state index < -0.39 is 0 Å². The Morgan fingerprint density at radius 1 is 1.16 bits per heavy atom. The van der Waals surface area contributed by atoms with Crippen molar-refractivity contribution < 1.29 is 9.53 Å². The van der Waals surface area contributed by atoms with Crippen LogP contribution in [0.15, 0.2) is 54.9 Å². The van der Waals surface area contributed by atoms with E-state index in [1.807, 2.05) is 30.3 Å². The van der Waals surface area contributed by atoms with Crippen molar-refractivity contribution in [3.8, 4) is 5.75 Å². The van der Waals surface area contributed by atoms with Crippen LogP contribution in [0.2, 0.25) is 0 Å². The Balaban J connectivity index is 2.12. The summed E-state index contributed by atoms with van der Waals surface area (Å²) in [6, 6.07) is 12.8. The number of ketones is 1. The zero-order valence-electron chi connectivity index (χ0n) is 10.4. The molecule has 0 unspecified atom stereocenters. The van der Waals surface area contributed by atoms with Gasteiger partial charge >= 0.3 is 0 Å². The Kier molecular flexibility index (Phi) is 2.76. The molecule has 94 valence electrons. The van der Waals surface area contributed by atoms with Gasteiger partial charge in [0.1, 0.15) is 17.1 Å². The summed E-state index contributed by atoms with van der Waals surface area (Å²) in [6.45, 7) is 0. The van der Waals surface area contributed by atoms with Crippen molar-refractivity contribution in [2.45, 2.75) is 0 Å². The topological polar surface area (TPSA) is 43.6 Å². The van der Waals surface area contributed by atoms with Gasteiger partial charge in [0.05, 0.1) is 19.5 Å². The molecule has 0 amide bonds. The van der Waals surface area contributed by atoms with Gasteiger partial charge in [0, 0.05) is 5.56 Å². The highest BCUT2D eigenvalue weighted by Gasteiger charge is 2.14. The molecule has 4 heteroatoms. The van der Waals surface area contributed by atoms with E-state index in [-0.39, 0.29) is 5.78 Å². The first-order valence-corrected chi connectivity index (χ1v) is 5.90. The average Bonchev–Trinajstić information content (AvgIpc) is 2.90. The maximum atomic E-state index is 12.4. The van der Waals surface area contributed by atoms with E-state index in [1.54, 1.807) is 36.0 Å². The van der Waals surface area contributed by atoms with Crippen LogP contribution in [-0.4, -0.2) is 22.3 Å². The number of carbonyl (C=O) groups excluding carboxylic acids is 1. The van der Waals surface area contributed by atoms with E-state index in [4.69, 9.17) is 4.74 Å². The molecule has 0 spiro atoms. The minimum atomic E-state index is -0.0543. The van der Waals surface area contributed by atoms with Crippen molar-refractivity contribution in [1.29, 1.82) is 0 Å². The van der Waals surface area contributed by atoms with Crippen molar-refractivity contribution in [2.24, 2.45) is 0 Å². The zero-order chi connectivity index (χ0) is 13.2. The lowest BCUT2D eigenvalue weighted by molar-refractivity contribution is 0.103. The Bertz CT molecular complexity index is 732. The first kappa shape index (κ1) is 11.5. The highest BCUT2D eigenvalue weighted by atomic mass is 16.5. The summed E-state index contributed by atoms with van der Waals surface area (Å²) in [5.74, 6) is 0.633.